The van der Waals surface area contributed by atoms with E-state index in [0.717, 1.165) is 37.4 Å². The summed E-state index contributed by atoms with van der Waals surface area (Å²) in [6.07, 6.45) is 1.65. The summed E-state index contributed by atoms with van der Waals surface area (Å²) in [7, 11) is -1.91. The van der Waals surface area contributed by atoms with Crippen LogP contribution in [-0.2, 0) is 16.9 Å². The standard InChI is InChI=1S/C19H19Cl2N3O2S/c1-23-12-19(27(25,26)16-9-13(20)8-14(21)10-16)17-11-15(2-3-18(17)23)24-6-4-22-5-7-24/h2-3,8-12,22H,4-7H2,1H3. The number of hydrogen-bond acceptors (Lipinski definition) is 4. The van der Waals surface area contributed by atoms with Gasteiger partial charge < -0.3 is 14.8 Å². The number of hydrogen-bond donors (Lipinski definition) is 1. The maximum atomic E-state index is 13.3. The molecule has 0 radical (unpaired) electrons. The Morgan fingerprint density at radius 3 is 2.33 bits per heavy atom. The van der Waals surface area contributed by atoms with Crippen molar-refractivity contribution in [1.29, 1.82) is 0 Å². The van der Waals surface area contributed by atoms with E-state index in [1.165, 1.54) is 18.2 Å². The van der Waals surface area contributed by atoms with Gasteiger partial charge >= 0.3 is 0 Å². The van der Waals surface area contributed by atoms with Crippen molar-refractivity contribution in [3.8, 4) is 0 Å². The number of piperazine rings is 1. The molecule has 8 heteroatoms. The van der Waals surface area contributed by atoms with E-state index >= 15 is 0 Å². The zero-order valence-corrected chi connectivity index (χ0v) is 17.1. The third kappa shape index (κ3) is 3.43. The van der Waals surface area contributed by atoms with Crippen LogP contribution in [0.5, 0.6) is 0 Å². The van der Waals surface area contributed by atoms with E-state index in [9.17, 15) is 8.42 Å². The van der Waals surface area contributed by atoms with E-state index in [4.69, 9.17) is 23.2 Å². The summed E-state index contributed by atoms with van der Waals surface area (Å²) in [6, 6.07) is 10.4. The molecule has 142 valence electrons. The summed E-state index contributed by atoms with van der Waals surface area (Å²) in [5.74, 6) is 0. The van der Waals surface area contributed by atoms with Crippen LogP contribution in [-0.4, -0.2) is 39.2 Å². The monoisotopic (exact) mass is 423 g/mol. The minimum absolute atomic E-state index is 0.0973. The lowest BCUT2D eigenvalue weighted by molar-refractivity contribution is 0.589. The van der Waals surface area contributed by atoms with Gasteiger partial charge in [-0.1, -0.05) is 23.2 Å². The first kappa shape index (κ1) is 18.6. The second-order valence-corrected chi connectivity index (χ2v) is 9.44. The highest BCUT2D eigenvalue weighted by Gasteiger charge is 2.24. The van der Waals surface area contributed by atoms with E-state index in [1.807, 2.05) is 29.8 Å². The van der Waals surface area contributed by atoms with Gasteiger partial charge in [-0.05, 0) is 36.4 Å². The predicted octanol–water partition coefficient (Wildman–Crippen LogP) is 3.73. The van der Waals surface area contributed by atoms with E-state index in [2.05, 4.69) is 10.2 Å². The van der Waals surface area contributed by atoms with Crippen molar-refractivity contribution in [3.05, 3.63) is 52.6 Å². The molecule has 4 rings (SSSR count). The number of rotatable bonds is 3. The molecule has 1 aliphatic rings. The zero-order chi connectivity index (χ0) is 19.2. The number of aromatic nitrogens is 1. The van der Waals surface area contributed by atoms with E-state index in [0.29, 0.717) is 15.4 Å². The van der Waals surface area contributed by atoms with Crippen LogP contribution in [0.4, 0.5) is 5.69 Å². The fourth-order valence-electron chi connectivity index (χ4n) is 3.49. The quantitative estimate of drug-likeness (QED) is 0.696. The average Bonchev–Trinajstić information content (AvgIpc) is 2.98. The van der Waals surface area contributed by atoms with Crippen LogP contribution in [0.3, 0.4) is 0 Å². The van der Waals surface area contributed by atoms with Crippen molar-refractivity contribution in [2.45, 2.75) is 9.79 Å². The Morgan fingerprint density at radius 1 is 1.00 bits per heavy atom. The molecule has 1 aromatic heterocycles. The number of nitrogens with one attached hydrogen (secondary N) is 1. The second kappa shape index (κ2) is 7.02. The summed E-state index contributed by atoms with van der Waals surface area (Å²) in [5, 5.41) is 4.61. The Hall–Kier alpha value is -1.73. The maximum Gasteiger partial charge on any atom is 0.208 e. The fraction of sp³-hybridized carbons (Fsp3) is 0.263. The predicted molar refractivity (Wildman–Crippen MR) is 110 cm³/mol. The number of sulfone groups is 1. The largest absolute Gasteiger partial charge is 0.369 e. The van der Waals surface area contributed by atoms with Crippen LogP contribution in [0.1, 0.15) is 0 Å². The number of nitrogens with zero attached hydrogens (tertiary/aromatic N) is 2. The number of aryl methyl sites for hydroxylation is 1. The van der Waals surface area contributed by atoms with E-state index < -0.39 is 9.84 Å². The Kier molecular flexibility index (Phi) is 4.84. The SMILES string of the molecule is Cn1cc(S(=O)(=O)c2cc(Cl)cc(Cl)c2)c2cc(N3CCNCC3)ccc21. The molecule has 1 aliphatic heterocycles. The minimum atomic E-state index is -3.76. The van der Waals surface area contributed by atoms with Gasteiger partial charge in [0.25, 0.3) is 0 Å². The average molecular weight is 424 g/mol. The molecule has 27 heavy (non-hydrogen) atoms. The van der Waals surface area contributed by atoms with Gasteiger partial charge in [-0.3, -0.25) is 0 Å². The molecule has 2 aromatic carbocycles. The van der Waals surface area contributed by atoms with Crippen molar-refractivity contribution in [2.75, 3.05) is 31.1 Å². The van der Waals surface area contributed by atoms with Crippen LogP contribution in [0.15, 0.2) is 52.4 Å². The van der Waals surface area contributed by atoms with Gasteiger partial charge in [-0.15, -0.1) is 0 Å². The van der Waals surface area contributed by atoms with Crippen molar-refractivity contribution < 1.29 is 8.42 Å². The van der Waals surface area contributed by atoms with Gasteiger partial charge in [0.15, 0.2) is 0 Å². The lowest BCUT2D eigenvalue weighted by Gasteiger charge is -2.29. The maximum absolute atomic E-state index is 13.3. The van der Waals surface area contributed by atoms with Crippen molar-refractivity contribution >= 4 is 49.6 Å². The fourth-order valence-corrected chi connectivity index (χ4v) is 5.71. The molecule has 0 spiro atoms. The first-order chi connectivity index (χ1) is 12.9. The zero-order valence-electron chi connectivity index (χ0n) is 14.7. The molecule has 5 nitrogen and oxygen atoms in total. The Balaban J connectivity index is 1.87. The molecule has 1 saturated heterocycles. The molecule has 0 unspecified atom stereocenters. The molecular formula is C19H19Cl2N3O2S. The molecule has 1 fully saturated rings. The smallest absolute Gasteiger partial charge is 0.208 e. The van der Waals surface area contributed by atoms with Crippen molar-refractivity contribution in [3.63, 3.8) is 0 Å². The highest BCUT2D eigenvalue weighted by atomic mass is 35.5. The molecule has 0 amide bonds. The lowest BCUT2D eigenvalue weighted by atomic mass is 10.2. The van der Waals surface area contributed by atoms with Crippen molar-refractivity contribution in [1.82, 2.24) is 9.88 Å². The van der Waals surface area contributed by atoms with Crippen LogP contribution < -0.4 is 10.2 Å². The number of halogens is 2. The van der Waals surface area contributed by atoms with E-state index in [1.54, 1.807) is 6.20 Å². The summed E-state index contributed by atoms with van der Waals surface area (Å²) in [6.45, 7) is 3.62. The first-order valence-corrected chi connectivity index (χ1v) is 10.9. The molecule has 0 saturated carbocycles. The Bertz CT molecular complexity index is 1100. The molecule has 3 aromatic rings. The summed E-state index contributed by atoms with van der Waals surface area (Å²) >= 11 is 12.1. The van der Waals surface area contributed by atoms with Crippen LogP contribution >= 0.6 is 23.2 Å². The Morgan fingerprint density at radius 2 is 1.67 bits per heavy atom. The summed E-state index contributed by atoms with van der Waals surface area (Å²) in [4.78, 5) is 2.62. The Labute approximate surface area is 168 Å². The highest BCUT2D eigenvalue weighted by molar-refractivity contribution is 7.91. The topological polar surface area (TPSA) is 54.3 Å². The minimum Gasteiger partial charge on any atom is -0.369 e. The molecule has 0 aliphatic carbocycles. The first-order valence-electron chi connectivity index (χ1n) is 8.62. The molecule has 2 heterocycles. The third-order valence-electron chi connectivity index (χ3n) is 4.85. The van der Waals surface area contributed by atoms with Crippen LogP contribution in [0.2, 0.25) is 10.0 Å². The summed E-state index contributed by atoms with van der Waals surface area (Å²) < 4.78 is 28.4. The molecular weight excluding hydrogens is 405 g/mol. The number of benzene rings is 2. The van der Waals surface area contributed by atoms with Crippen molar-refractivity contribution in [2.24, 2.45) is 7.05 Å². The van der Waals surface area contributed by atoms with Gasteiger partial charge in [0.05, 0.1) is 9.79 Å². The highest BCUT2D eigenvalue weighted by Crippen LogP contribution is 2.34. The van der Waals surface area contributed by atoms with Gasteiger partial charge in [0.1, 0.15) is 0 Å². The van der Waals surface area contributed by atoms with E-state index in [-0.39, 0.29) is 9.79 Å². The number of fused-ring (bicyclic) bond motifs is 1. The van der Waals surface area contributed by atoms with Gasteiger partial charge in [0.2, 0.25) is 9.84 Å². The molecule has 1 N–H and O–H groups in total. The normalized spacial score (nSPS) is 15.4. The van der Waals surface area contributed by atoms with Crippen LogP contribution in [0.25, 0.3) is 10.9 Å². The van der Waals surface area contributed by atoms with Gasteiger partial charge in [-0.2, -0.15) is 0 Å². The summed E-state index contributed by atoms with van der Waals surface area (Å²) in [5.41, 5.74) is 1.89. The van der Waals surface area contributed by atoms with Crippen LogP contribution in [0, 0.1) is 0 Å². The third-order valence-corrected chi connectivity index (χ3v) is 7.05. The molecule has 0 atom stereocenters. The molecule has 0 bridgehead atoms. The second-order valence-electron chi connectivity index (χ2n) is 6.65. The van der Waals surface area contributed by atoms with Gasteiger partial charge in [0, 0.05) is 66.1 Å². The van der Waals surface area contributed by atoms with Gasteiger partial charge in [-0.25, -0.2) is 8.42 Å². The number of anilines is 1. The lowest BCUT2D eigenvalue weighted by Crippen LogP contribution is -2.43.